The number of imidazole rings is 1. The van der Waals surface area contributed by atoms with E-state index in [1.54, 1.807) is 18.2 Å². The maximum Gasteiger partial charge on any atom is 0.257 e. The molecule has 4 rings (SSSR count). The maximum absolute atomic E-state index is 13.1. The SMILES string of the molecule is C[C@@H]1CN(c2ccc(C(=O)Nc3ccc(Cl)c(-c4ncc(C(C)(C)C)[nH]4)c3)c(Cl)c2)C[C@H](C)N1C. The quantitative estimate of drug-likeness (QED) is 0.419. The minimum absolute atomic E-state index is 0.0628. The Bertz CT molecular complexity index is 1220. The normalized spacial score (nSPS) is 19.1. The van der Waals surface area contributed by atoms with Crippen LogP contribution in [-0.2, 0) is 5.41 Å². The van der Waals surface area contributed by atoms with Crippen molar-refractivity contribution in [3.05, 3.63) is 63.9 Å². The first-order valence-electron chi connectivity index (χ1n) is 11.9. The Labute approximate surface area is 217 Å². The lowest BCUT2D eigenvalue weighted by atomic mass is 9.93. The molecule has 35 heavy (non-hydrogen) atoms. The van der Waals surface area contributed by atoms with Crippen LogP contribution in [0.4, 0.5) is 11.4 Å². The van der Waals surface area contributed by atoms with Gasteiger partial charge in [0.05, 0.1) is 15.6 Å². The second-order valence-corrected chi connectivity index (χ2v) is 11.3. The summed E-state index contributed by atoms with van der Waals surface area (Å²) in [5, 5.41) is 3.93. The monoisotopic (exact) mass is 513 g/mol. The lowest BCUT2D eigenvalue weighted by Gasteiger charge is -2.43. The van der Waals surface area contributed by atoms with Gasteiger partial charge < -0.3 is 15.2 Å². The molecule has 1 saturated heterocycles. The van der Waals surface area contributed by atoms with E-state index in [0.29, 0.717) is 39.2 Å². The lowest BCUT2D eigenvalue weighted by Crippen LogP contribution is -2.55. The van der Waals surface area contributed by atoms with Crippen LogP contribution in [0, 0.1) is 0 Å². The molecule has 0 radical (unpaired) electrons. The molecule has 0 spiro atoms. The molecule has 2 aromatic carbocycles. The zero-order valence-corrected chi connectivity index (χ0v) is 22.6. The number of piperazine rings is 1. The molecule has 1 fully saturated rings. The van der Waals surface area contributed by atoms with Crippen LogP contribution in [0.3, 0.4) is 0 Å². The largest absolute Gasteiger partial charge is 0.368 e. The number of aromatic nitrogens is 2. The van der Waals surface area contributed by atoms with E-state index in [0.717, 1.165) is 30.0 Å². The highest BCUT2D eigenvalue weighted by atomic mass is 35.5. The minimum atomic E-state index is -0.273. The van der Waals surface area contributed by atoms with Gasteiger partial charge in [-0.3, -0.25) is 9.69 Å². The van der Waals surface area contributed by atoms with Crippen LogP contribution in [0.5, 0.6) is 0 Å². The van der Waals surface area contributed by atoms with Gasteiger partial charge in [0.15, 0.2) is 0 Å². The molecule has 8 heteroatoms. The number of nitrogens with zero attached hydrogens (tertiary/aromatic N) is 3. The Balaban J connectivity index is 1.52. The van der Waals surface area contributed by atoms with E-state index in [1.807, 2.05) is 24.4 Å². The predicted molar refractivity (Wildman–Crippen MR) is 146 cm³/mol. The second-order valence-electron chi connectivity index (χ2n) is 10.5. The molecule has 0 aliphatic carbocycles. The molecule has 1 aliphatic rings. The molecular formula is C27H33Cl2N5O. The van der Waals surface area contributed by atoms with E-state index in [1.165, 1.54) is 0 Å². The summed E-state index contributed by atoms with van der Waals surface area (Å²) in [6.45, 7) is 12.6. The van der Waals surface area contributed by atoms with Crippen molar-refractivity contribution in [2.75, 3.05) is 30.4 Å². The molecule has 2 heterocycles. The summed E-state index contributed by atoms with van der Waals surface area (Å²) in [5.74, 6) is 0.388. The number of hydrogen-bond acceptors (Lipinski definition) is 4. The number of likely N-dealkylation sites (N-methyl/N-ethyl adjacent to an activating group) is 1. The molecule has 6 nitrogen and oxygen atoms in total. The second kappa shape index (κ2) is 9.84. The van der Waals surface area contributed by atoms with Gasteiger partial charge >= 0.3 is 0 Å². The van der Waals surface area contributed by atoms with Gasteiger partial charge in [0, 0.05) is 59.4 Å². The number of carbonyl (C=O) groups excluding carboxylic acids is 1. The first-order chi connectivity index (χ1) is 16.4. The smallest absolute Gasteiger partial charge is 0.257 e. The predicted octanol–water partition coefficient (Wildman–Crippen LogP) is 6.46. The third-order valence-corrected chi connectivity index (χ3v) is 7.43. The zero-order chi connectivity index (χ0) is 25.5. The number of amides is 1. The van der Waals surface area contributed by atoms with Crippen LogP contribution in [-0.4, -0.2) is 53.0 Å². The summed E-state index contributed by atoms with van der Waals surface area (Å²) in [6.07, 6.45) is 1.82. The summed E-state index contributed by atoms with van der Waals surface area (Å²) in [5.41, 5.74) is 3.74. The van der Waals surface area contributed by atoms with Crippen molar-refractivity contribution in [3.8, 4) is 11.4 Å². The van der Waals surface area contributed by atoms with Crippen molar-refractivity contribution in [1.29, 1.82) is 0 Å². The summed E-state index contributed by atoms with van der Waals surface area (Å²) in [6, 6.07) is 11.9. The van der Waals surface area contributed by atoms with Gasteiger partial charge in [-0.2, -0.15) is 0 Å². The van der Waals surface area contributed by atoms with Crippen molar-refractivity contribution in [2.24, 2.45) is 0 Å². The van der Waals surface area contributed by atoms with E-state index in [4.69, 9.17) is 23.2 Å². The van der Waals surface area contributed by atoms with Gasteiger partial charge in [-0.05, 0) is 57.3 Å². The van der Waals surface area contributed by atoms with Crippen LogP contribution in [0.1, 0.15) is 50.7 Å². The van der Waals surface area contributed by atoms with Crippen LogP contribution >= 0.6 is 23.2 Å². The Morgan fingerprint density at radius 2 is 1.74 bits per heavy atom. The number of benzene rings is 2. The maximum atomic E-state index is 13.1. The summed E-state index contributed by atoms with van der Waals surface area (Å²) in [4.78, 5) is 25.6. The molecule has 3 aromatic rings. The Morgan fingerprint density at radius 3 is 2.34 bits per heavy atom. The minimum Gasteiger partial charge on any atom is -0.368 e. The summed E-state index contributed by atoms with van der Waals surface area (Å²) >= 11 is 13.0. The number of anilines is 2. The lowest BCUT2D eigenvalue weighted by molar-refractivity contribution is 0.102. The molecule has 186 valence electrons. The van der Waals surface area contributed by atoms with Gasteiger partial charge in [-0.15, -0.1) is 0 Å². The first kappa shape index (κ1) is 25.5. The molecule has 1 aromatic heterocycles. The van der Waals surface area contributed by atoms with E-state index < -0.39 is 0 Å². The zero-order valence-electron chi connectivity index (χ0n) is 21.1. The number of H-pyrrole nitrogens is 1. The molecule has 0 saturated carbocycles. The molecule has 0 unspecified atom stereocenters. The molecular weight excluding hydrogens is 481 g/mol. The molecule has 2 N–H and O–H groups in total. The Hall–Kier alpha value is -2.54. The summed E-state index contributed by atoms with van der Waals surface area (Å²) in [7, 11) is 2.16. The van der Waals surface area contributed by atoms with Gasteiger partial charge in [-0.25, -0.2) is 4.98 Å². The van der Waals surface area contributed by atoms with Gasteiger partial charge in [0.2, 0.25) is 0 Å². The van der Waals surface area contributed by atoms with E-state index >= 15 is 0 Å². The number of halogens is 2. The number of hydrogen-bond donors (Lipinski definition) is 2. The number of rotatable bonds is 4. The van der Waals surface area contributed by atoms with Crippen molar-refractivity contribution in [2.45, 2.75) is 52.1 Å². The molecule has 1 amide bonds. The fraction of sp³-hybridized carbons (Fsp3) is 0.407. The summed E-state index contributed by atoms with van der Waals surface area (Å²) < 4.78 is 0. The van der Waals surface area contributed by atoms with Crippen molar-refractivity contribution >= 4 is 40.5 Å². The number of carbonyl (C=O) groups is 1. The van der Waals surface area contributed by atoms with E-state index in [9.17, 15) is 4.79 Å². The van der Waals surface area contributed by atoms with Crippen LogP contribution in [0.15, 0.2) is 42.6 Å². The average molecular weight is 515 g/mol. The van der Waals surface area contributed by atoms with Crippen molar-refractivity contribution in [1.82, 2.24) is 14.9 Å². The van der Waals surface area contributed by atoms with Gasteiger partial charge in [0.1, 0.15) is 5.82 Å². The number of aromatic amines is 1. The fourth-order valence-corrected chi connectivity index (χ4v) is 4.79. The van der Waals surface area contributed by atoms with E-state index in [-0.39, 0.29) is 11.3 Å². The molecule has 0 bridgehead atoms. The van der Waals surface area contributed by atoms with Crippen molar-refractivity contribution in [3.63, 3.8) is 0 Å². The number of nitrogens with one attached hydrogen (secondary N) is 2. The van der Waals surface area contributed by atoms with Crippen LogP contribution < -0.4 is 10.2 Å². The van der Waals surface area contributed by atoms with Crippen LogP contribution in [0.25, 0.3) is 11.4 Å². The van der Waals surface area contributed by atoms with Gasteiger partial charge in [-0.1, -0.05) is 44.0 Å². The van der Waals surface area contributed by atoms with Crippen LogP contribution in [0.2, 0.25) is 10.0 Å². The van der Waals surface area contributed by atoms with Crippen molar-refractivity contribution < 1.29 is 4.79 Å². The third-order valence-electron chi connectivity index (χ3n) is 6.79. The highest BCUT2D eigenvalue weighted by molar-refractivity contribution is 6.35. The van der Waals surface area contributed by atoms with E-state index in [2.05, 4.69) is 66.8 Å². The molecule has 2 atom stereocenters. The average Bonchev–Trinajstić information content (AvgIpc) is 3.29. The van der Waals surface area contributed by atoms with Gasteiger partial charge in [0.25, 0.3) is 5.91 Å². The fourth-order valence-electron chi connectivity index (χ4n) is 4.32. The highest BCUT2D eigenvalue weighted by Crippen LogP contribution is 2.32. The highest BCUT2D eigenvalue weighted by Gasteiger charge is 2.27. The Kier molecular flexibility index (Phi) is 7.18. The third kappa shape index (κ3) is 5.50. The Morgan fingerprint density at radius 1 is 1.06 bits per heavy atom. The topological polar surface area (TPSA) is 64.3 Å². The first-order valence-corrected chi connectivity index (χ1v) is 12.6. The molecule has 1 aliphatic heterocycles. The standard InChI is InChI=1S/C27H33Cl2N5O/c1-16-14-34(15-17(2)33(16)6)19-8-9-20(23(29)12-19)26(35)31-18-7-10-22(28)21(11-18)25-30-13-24(32-25)27(3,4)5/h7-13,16-17H,14-15H2,1-6H3,(H,30,32)(H,31,35)/t16-,17+.